The summed E-state index contributed by atoms with van der Waals surface area (Å²) in [6.07, 6.45) is 8.28. The van der Waals surface area contributed by atoms with Crippen molar-refractivity contribution in [1.82, 2.24) is 4.90 Å². The number of benzene rings is 1. The van der Waals surface area contributed by atoms with Crippen molar-refractivity contribution in [2.45, 2.75) is 45.4 Å². The highest BCUT2D eigenvalue weighted by atomic mass is 16.5. The van der Waals surface area contributed by atoms with Crippen LogP contribution in [0.1, 0.15) is 44.6 Å². The maximum Gasteiger partial charge on any atom is 0.226 e. The van der Waals surface area contributed by atoms with Crippen molar-refractivity contribution in [2.75, 3.05) is 20.8 Å². The van der Waals surface area contributed by atoms with E-state index in [0.717, 1.165) is 42.9 Å². The molecule has 4 heteroatoms. The van der Waals surface area contributed by atoms with E-state index in [-0.39, 0.29) is 11.3 Å². The molecule has 2 aliphatic rings. The van der Waals surface area contributed by atoms with E-state index >= 15 is 0 Å². The molecule has 3 rings (SSSR count). The number of ether oxygens (including phenoxy) is 2. The topological polar surface area (TPSA) is 38.8 Å². The van der Waals surface area contributed by atoms with Crippen LogP contribution in [0.25, 0.3) is 0 Å². The molecule has 1 fully saturated rings. The normalized spacial score (nSPS) is 23.5. The fourth-order valence-electron chi connectivity index (χ4n) is 3.97. The van der Waals surface area contributed by atoms with Crippen LogP contribution in [-0.4, -0.2) is 31.6 Å². The van der Waals surface area contributed by atoms with Crippen LogP contribution >= 0.6 is 0 Å². The third-order valence-corrected chi connectivity index (χ3v) is 5.44. The average molecular weight is 329 g/mol. The minimum atomic E-state index is 0.184. The van der Waals surface area contributed by atoms with Gasteiger partial charge in [-0.15, -0.1) is 0 Å². The Morgan fingerprint density at radius 3 is 2.71 bits per heavy atom. The highest BCUT2D eigenvalue weighted by molar-refractivity contribution is 5.80. The molecule has 0 bridgehead atoms. The zero-order valence-electron chi connectivity index (χ0n) is 14.9. The predicted molar refractivity (Wildman–Crippen MR) is 94.2 cm³/mol. The molecule has 4 nitrogen and oxygen atoms in total. The van der Waals surface area contributed by atoms with E-state index < -0.39 is 0 Å². The summed E-state index contributed by atoms with van der Waals surface area (Å²) in [6, 6.07) is 5.97. The Bertz CT molecular complexity index is 652. The van der Waals surface area contributed by atoms with Crippen LogP contribution < -0.4 is 9.47 Å². The third kappa shape index (κ3) is 3.14. The number of nitrogens with zero attached hydrogens (tertiary/aromatic N) is 1. The second-order valence-electron chi connectivity index (χ2n) is 7.03. The summed E-state index contributed by atoms with van der Waals surface area (Å²) in [7, 11) is 3.29. The van der Waals surface area contributed by atoms with Crippen molar-refractivity contribution >= 4 is 5.91 Å². The van der Waals surface area contributed by atoms with Gasteiger partial charge in [0.05, 0.1) is 14.2 Å². The molecular formula is C20H27NO3. The smallest absolute Gasteiger partial charge is 0.226 e. The maximum absolute atomic E-state index is 12.5. The minimum Gasteiger partial charge on any atom is -0.493 e. The number of hydrogen-bond acceptors (Lipinski definition) is 3. The number of hydrogen-bond donors (Lipinski definition) is 0. The van der Waals surface area contributed by atoms with Gasteiger partial charge in [0.25, 0.3) is 0 Å². The first-order chi connectivity index (χ1) is 11.6. The first kappa shape index (κ1) is 16.9. The van der Waals surface area contributed by atoms with Crippen LogP contribution in [0.4, 0.5) is 0 Å². The number of carbonyl (C=O) groups excluding carboxylic acids is 1. The fraction of sp³-hybridized carbons (Fsp3) is 0.550. The van der Waals surface area contributed by atoms with Crippen LogP contribution in [0.2, 0.25) is 0 Å². The molecule has 24 heavy (non-hydrogen) atoms. The number of amides is 1. The standard InChI is InChI=1S/C20H27NO3/c1-20-11-5-4-6-18(20)21(19(22)9-12-20)13-10-15-7-8-16(23-2)17(14-15)24-3/h6-8,14H,4-5,9-13H2,1-3H3. The molecular weight excluding hydrogens is 302 g/mol. The summed E-state index contributed by atoms with van der Waals surface area (Å²) < 4.78 is 10.7. The van der Waals surface area contributed by atoms with Crippen LogP contribution in [-0.2, 0) is 11.2 Å². The lowest BCUT2D eigenvalue weighted by Gasteiger charge is -2.45. The molecule has 130 valence electrons. The van der Waals surface area contributed by atoms with E-state index in [1.807, 2.05) is 23.1 Å². The lowest BCUT2D eigenvalue weighted by Crippen LogP contribution is -2.44. The van der Waals surface area contributed by atoms with E-state index in [0.29, 0.717) is 6.42 Å². The minimum absolute atomic E-state index is 0.184. The van der Waals surface area contributed by atoms with Gasteiger partial charge in [-0.25, -0.2) is 0 Å². The van der Waals surface area contributed by atoms with Gasteiger partial charge < -0.3 is 14.4 Å². The molecule has 1 atom stereocenters. The van der Waals surface area contributed by atoms with Gasteiger partial charge >= 0.3 is 0 Å². The van der Waals surface area contributed by atoms with E-state index in [1.165, 1.54) is 18.5 Å². The van der Waals surface area contributed by atoms with Crippen LogP contribution in [0.5, 0.6) is 11.5 Å². The van der Waals surface area contributed by atoms with Crippen molar-refractivity contribution in [2.24, 2.45) is 5.41 Å². The van der Waals surface area contributed by atoms with E-state index in [1.54, 1.807) is 14.2 Å². The second kappa shape index (κ2) is 6.88. The Hall–Kier alpha value is -1.97. The summed E-state index contributed by atoms with van der Waals surface area (Å²) in [5.74, 6) is 1.74. The molecule has 0 radical (unpaired) electrons. The number of allylic oxidation sites excluding steroid dienone is 2. The number of rotatable bonds is 5. The number of methoxy groups -OCH3 is 2. The van der Waals surface area contributed by atoms with Gasteiger partial charge in [-0.2, -0.15) is 0 Å². The Morgan fingerprint density at radius 1 is 1.17 bits per heavy atom. The van der Waals surface area contributed by atoms with Gasteiger partial charge in [-0.1, -0.05) is 19.1 Å². The first-order valence-electron chi connectivity index (χ1n) is 8.79. The molecule has 0 spiro atoms. The lowest BCUT2D eigenvalue weighted by molar-refractivity contribution is -0.133. The largest absolute Gasteiger partial charge is 0.493 e. The number of carbonyl (C=O) groups is 1. The first-order valence-corrected chi connectivity index (χ1v) is 8.79. The van der Waals surface area contributed by atoms with E-state index in [9.17, 15) is 4.79 Å². The fourth-order valence-corrected chi connectivity index (χ4v) is 3.97. The van der Waals surface area contributed by atoms with Crippen molar-refractivity contribution in [3.05, 3.63) is 35.5 Å². The molecule has 1 aromatic rings. The van der Waals surface area contributed by atoms with Gasteiger partial charge in [0.2, 0.25) is 5.91 Å². The number of likely N-dealkylation sites (tertiary alicyclic amines) is 1. The molecule has 1 aliphatic carbocycles. The summed E-state index contributed by atoms with van der Waals surface area (Å²) in [6.45, 7) is 3.05. The number of fused-ring (bicyclic) bond motifs is 1. The summed E-state index contributed by atoms with van der Waals surface area (Å²) in [5.41, 5.74) is 2.60. The molecule has 1 heterocycles. The Labute approximate surface area is 144 Å². The van der Waals surface area contributed by atoms with Gasteiger partial charge in [0.1, 0.15) is 0 Å². The molecule has 1 saturated heterocycles. The van der Waals surface area contributed by atoms with Crippen LogP contribution in [0.3, 0.4) is 0 Å². The van der Waals surface area contributed by atoms with Gasteiger partial charge in [0.15, 0.2) is 11.5 Å². The monoisotopic (exact) mass is 329 g/mol. The zero-order chi connectivity index (χ0) is 17.2. The summed E-state index contributed by atoms with van der Waals surface area (Å²) in [4.78, 5) is 14.5. The molecule has 0 aromatic heterocycles. The van der Waals surface area contributed by atoms with E-state index in [4.69, 9.17) is 9.47 Å². The highest BCUT2D eigenvalue weighted by Crippen LogP contribution is 2.46. The van der Waals surface area contributed by atoms with Gasteiger partial charge in [-0.3, -0.25) is 4.79 Å². The molecule has 1 aliphatic heterocycles. The number of piperidine rings is 1. The van der Waals surface area contributed by atoms with Gasteiger partial charge in [0, 0.05) is 24.1 Å². The predicted octanol–water partition coefficient (Wildman–Crippen LogP) is 3.94. The third-order valence-electron chi connectivity index (χ3n) is 5.44. The lowest BCUT2D eigenvalue weighted by atomic mass is 9.71. The quantitative estimate of drug-likeness (QED) is 0.821. The van der Waals surface area contributed by atoms with Gasteiger partial charge in [-0.05, 0) is 49.8 Å². The highest BCUT2D eigenvalue weighted by Gasteiger charge is 2.40. The molecule has 0 N–H and O–H groups in total. The van der Waals surface area contributed by atoms with Crippen molar-refractivity contribution in [3.63, 3.8) is 0 Å². The van der Waals surface area contributed by atoms with Crippen molar-refractivity contribution < 1.29 is 14.3 Å². The van der Waals surface area contributed by atoms with E-state index in [2.05, 4.69) is 13.0 Å². The molecule has 1 unspecified atom stereocenters. The SMILES string of the molecule is COc1ccc(CCN2C(=O)CCC3(C)CCCC=C23)cc1OC. The van der Waals surface area contributed by atoms with Crippen LogP contribution in [0.15, 0.2) is 30.0 Å². The molecule has 0 saturated carbocycles. The Morgan fingerprint density at radius 2 is 1.96 bits per heavy atom. The van der Waals surface area contributed by atoms with Crippen molar-refractivity contribution in [1.29, 1.82) is 0 Å². The summed E-state index contributed by atoms with van der Waals surface area (Å²) in [5, 5.41) is 0. The average Bonchev–Trinajstić information content (AvgIpc) is 2.61. The molecule has 1 aromatic carbocycles. The van der Waals surface area contributed by atoms with Crippen LogP contribution in [0, 0.1) is 5.41 Å². The Balaban J connectivity index is 1.75. The molecule has 1 amide bonds. The maximum atomic E-state index is 12.5. The van der Waals surface area contributed by atoms with Crippen molar-refractivity contribution in [3.8, 4) is 11.5 Å². The second-order valence-corrected chi connectivity index (χ2v) is 7.03. The Kier molecular flexibility index (Phi) is 4.83. The zero-order valence-corrected chi connectivity index (χ0v) is 14.9. The summed E-state index contributed by atoms with van der Waals surface area (Å²) >= 11 is 0.